The van der Waals surface area contributed by atoms with Crippen LogP contribution >= 0.6 is 0 Å². The second-order valence-corrected chi connectivity index (χ2v) is 5.56. The molecule has 0 aliphatic rings. The molecule has 0 bridgehead atoms. The summed E-state index contributed by atoms with van der Waals surface area (Å²) in [5.74, 6) is 1.84. The molecular weight excluding hydrogens is 332 g/mol. The maximum atomic E-state index is 12.1. The summed E-state index contributed by atoms with van der Waals surface area (Å²) in [4.78, 5) is 14.8. The van der Waals surface area contributed by atoms with Gasteiger partial charge < -0.3 is 14.8 Å². The van der Waals surface area contributed by atoms with Crippen molar-refractivity contribution in [3.8, 4) is 11.5 Å². The maximum absolute atomic E-state index is 12.1. The molecule has 0 fully saturated rings. The van der Waals surface area contributed by atoms with E-state index in [1.807, 2.05) is 54.6 Å². The van der Waals surface area contributed by atoms with Crippen LogP contribution in [0.4, 0.5) is 5.95 Å². The van der Waals surface area contributed by atoms with Crippen molar-refractivity contribution < 1.29 is 9.47 Å². The number of ether oxygens (including phenoxy) is 2. The Labute approximate surface area is 151 Å². The van der Waals surface area contributed by atoms with Gasteiger partial charge in [-0.3, -0.25) is 9.78 Å². The van der Waals surface area contributed by atoms with Crippen LogP contribution in [0.3, 0.4) is 0 Å². The highest BCUT2D eigenvalue weighted by atomic mass is 16.5. The van der Waals surface area contributed by atoms with Gasteiger partial charge in [0.1, 0.15) is 23.8 Å². The molecule has 0 amide bonds. The first kappa shape index (κ1) is 17.5. The van der Waals surface area contributed by atoms with Gasteiger partial charge in [0.05, 0.1) is 13.7 Å². The lowest BCUT2D eigenvalue weighted by Gasteiger charge is -2.08. The molecule has 3 rings (SSSR count). The number of nitrogens with one attached hydrogen (secondary N) is 2. The molecule has 0 atom stereocenters. The average Bonchev–Trinajstić information content (AvgIpc) is 2.68. The standard InChI is InChI=1S/C19H20N4O3/c1-25-15-7-9-16(10-8-15)26-12-11-20-19-21-18(24)17(22-23-19)13-14-5-3-2-4-6-14/h2-10H,11-13H2,1H3,(H2,20,21,23,24). The SMILES string of the molecule is COc1ccc(OCCNc2nnc(Cc3ccccc3)c(=O)[nH]2)cc1. The molecule has 1 heterocycles. The van der Waals surface area contributed by atoms with Gasteiger partial charge in [0.2, 0.25) is 5.95 Å². The summed E-state index contributed by atoms with van der Waals surface area (Å²) in [7, 11) is 1.62. The number of aromatic amines is 1. The predicted octanol–water partition coefficient (Wildman–Crippen LogP) is 2.26. The highest BCUT2D eigenvalue weighted by Gasteiger charge is 2.05. The number of methoxy groups -OCH3 is 1. The van der Waals surface area contributed by atoms with Gasteiger partial charge in [-0.1, -0.05) is 30.3 Å². The zero-order valence-electron chi connectivity index (χ0n) is 14.4. The summed E-state index contributed by atoms with van der Waals surface area (Å²) in [5.41, 5.74) is 1.15. The van der Waals surface area contributed by atoms with Gasteiger partial charge in [-0.25, -0.2) is 0 Å². The number of aromatic nitrogens is 3. The maximum Gasteiger partial charge on any atom is 0.274 e. The van der Waals surface area contributed by atoms with E-state index in [9.17, 15) is 4.79 Å². The van der Waals surface area contributed by atoms with Gasteiger partial charge in [-0.05, 0) is 29.8 Å². The van der Waals surface area contributed by atoms with Crippen LogP contribution in [-0.2, 0) is 6.42 Å². The highest BCUT2D eigenvalue weighted by Crippen LogP contribution is 2.16. The molecule has 7 heteroatoms. The topological polar surface area (TPSA) is 89.1 Å². The van der Waals surface area contributed by atoms with E-state index >= 15 is 0 Å². The minimum absolute atomic E-state index is 0.248. The van der Waals surface area contributed by atoms with Gasteiger partial charge in [-0.15, -0.1) is 10.2 Å². The van der Waals surface area contributed by atoms with Crippen LogP contribution in [0.25, 0.3) is 0 Å². The fraction of sp³-hybridized carbons (Fsp3) is 0.211. The first-order chi connectivity index (χ1) is 12.7. The second-order valence-electron chi connectivity index (χ2n) is 5.56. The van der Waals surface area contributed by atoms with E-state index in [1.165, 1.54) is 0 Å². The molecule has 3 aromatic rings. The van der Waals surface area contributed by atoms with Crippen LogP contribution in [0.2, 0.25) is 0 Å². The lowest BCUT2D eigenvalue weighted by Crippen LogP contribution is -2.21. The van der Waals surface area contributed by atoms with Crippen molar-refractivity contribution in [3.63, 3.8) is 0 Å². The third-order valence-electron chi connectivity index (χ3n) is 3.70. The van der Waals surface area contributed by atoms with Gasteiger partial charge in [0.25, 0.3) is 5.56 Å². The van der Waals surface area contributed by atoms with Crippen molar-refractivity contribution in [2.75, 3.05) is 25.6 Å². The van der Waals surface area contributed by atoms with Crippen molar-refractivity contribution in [2.24, 2.45) is 0 Å². The van der Waals surface area contributed by atoms with E-state index in [2.05, 4.69) is 20.5 Å². The lowest BCUT2D eigenvalue weighted by atomic mass is 10.1. The van der Waals surface area contributed by atoms with Gasteiger partial charge in [-0.2, -0.15) is 0 Å². The molecule has 1 aromatic heterocycles. The zero-order chi connectivity index (χ0) is 18.2. The number of hydrogen-bond acceptors (Lipinski definition) is 6. The second kappa shape index (κ2) is 8.66. The molecule has 2 N–H and O–H groups in total. The van der Waals surface area contributed by atoms with Crippen molar-refractivity contribution in [3.05, 3.63) is 76.2 Å². The number of H-pyrrole nitrogens is 1. The number of rotatable bonds is 8. The Morgan fingerprint density at radius 1 is 1.00 bits per heavy atom. The minimum Gasteiger partial charge on any atom is -0.497 e. The smallest absolute Gasteiger partial charge is 0.274 e. The van der Waals surface area contributed by atoms with Crippen molar-refractivity contribution in [1.29, 1.82) is 0 Å². The summed E-state index contributed by atoms with van der Waals surface area (Å²) >= 11 is 0. The molecule has 0 aliphatic carbocycles. The molecule has 0 saturated heterocycles. The third-order valence-corrected chi connectivity index (χ3v) is 3.70. The molecule has 134 valence electrons. The van der Waals surface area contributed by atoms with Crippen LogP contribution in [0.1, 0.15) is 11.3 Å². The Hall–Kier alpha value is -3.35. The van der Waals surface area contributed by atoms with E-state index in [4.69, 9.17) is 9.47 Å². The Morgan fingerprint density at radius 2 is 1.73 bits per heavy atom. The van der Waals surface area contributed by atoms with E-state index in [0.29, 0.717) is 31.2 Å². The van der Waals surface area contributed by atoms with Crippen molar-refractivity contribution in [2.45, 2.75) is 6.42 Å². The van der Waals surface area contributed by atoms with Crippen molar-refractivity contribution >= 4 is 5.95 Å². The molecule has 0 spiro atoms. The Kier molecular flexibility index (Phi) is 5.82. The van der Waals surface area contributed by atoms with Crippen LogP contribution < -0.4 is 20.3 Å². The summed E-state index contributed by atoms with van der Waals surface area (Å²) < 4.78 is 10.7. The molecule has 26 heavy (non-hydrogen) atoms. The zero-order valence-corrected chi connectivity index (χ0v) is 14.4. The molecule has 2 aromatic carbocycles. The van der Waals surface area contributed by atoms with Crippen LogP contribution in [0, 0.1) is 0 Å². The van der Waals surface area contributed by atoms with Crippen LogP contribution in [0.5, 0.6) is 11.5 Å². The molecular formula is C19H20N4O3. The number of anilines is 1. The van der Waals surface area contributed by atoms with Gasteiger partial charge in [0.15, 0.2) is 0 Å². The first-order valence-corrected chi connectivity index (χ1v) is 8.25. The van der Waals surface area contributed by atoms with Gasteiger partial charge >= 0.3 is 0 Å². The van der Waals surface area contributed by atoms with E-state index in [1.54, 1.807) is 7.11 Å². The van der Waals surface area contributed by atoms with E-state index in [0.717, 1.165) is 17.1 Å². The molecule has 0 unspecified atom stereocenters. The lowest BCUT2D eigenvalue weighted by molar-refractivity contribution is 0.331. The Morgan fingerprint density at radius 3 is 2.42 bits per heavy atom. The fourth-order valence-electron chi connectivity index (χ4n) is 2.36. The summed E-state index contributed by atoms with van der Waals surface area (Å²) in [5, 5.41) is 11.0. The molecule has 0 saturated carbocycles. The monoisotopic (exact) mass is 352 g/mol. The van der Waals surface area contributed by atoms with Crippen LogP contribution in [-0.4, -0.2) is 35.4 Å². The predicted molar refractivity (Wildman–Crippen MR) is 98.9 cm³/mol. The number of nitrogens with zero attached hydrogens (tertiary/aromatic N) is 2. The average molecular weight is 352 g/mol. The van der Waals surface area contributed by atoms with Crippen LogP contribution in [0.15, 0.2) is 59.4 Å². The Balaban J connectivity index is 1.49. The normalized spacial score (nSPS) is 10.3. The Bertz CT molecular complexity index is 879. The third kappa shape index (κ3) is 4.83. The first-order valence-electron chi connectivity index (χ1n) is 8.25. The molecule has 0 aliphatic heterocycles. The minimum atomic E-state index is -0.248. The van der Waals surface area contributed by atoms with E-state index in [-0.39, 0.29) is 5.56 Å². The quantitative estimate of drug-likeness (QED) is 0.605. The summed E-state index contributed by atoms with van der Waals surface area (Å²) in [6.45, 7) is 0.899. The summed E-state index contributed by atoms with van der Waals surface area (Å²) in [6, 6.07) is 17.0. The summed E-state index contributed by atoms with van der Waals surface area (Å²) in [6.07, 6.45) is 0.448. The van der Waals surface area contributed by atoms with Gasteiger partial charge in [0, 0.05) is 6.42 Å². The number of hydrogen-bond donors (Lipinski definition) is 2. The fourth-order valence-corrected chi connectivity index (χ4v) is 2.36. The largest absolute Gasteiger partial charge is 0.497 e. The number of benzene rings is 2. The van der Waals surface area contributed by atoms with Crippen molar-refractivity contribution in [1.82, 2.24) is 15.2 Å². The van der Waals surface area contributed by atoms with E-state index < -0.39 is 0 Å². The molecule has 7 nitrogen and oxygen atoms in total. The highest BCUT2D eigenvalue weighted by molar-refractivity contribution is 5.31. The molecule has 0 radical (unpaired) electrons.